The van der Waals surface area contributed by atoms with Crippen LogP contribution in [0.15, 0.2) is 89.2 Å². The number of hydrogen-bond acceptors (Lipinski definition) is 3. The van der Waals surface area contributed by atoms with Crippen molar-refractivity contribution in [1.29, 1.82) is 0 Å². The van der Waals surface area contributed by atoms with Crippen LogP contribution < -0.4 is 0 Å². The average Bonchev–Trinajstić information content (AvgIpc) is 3.16. The van der Waals surface area contributed by atoms with Crippen molar-refractivity contribution in [3.8, 4) is 0 Å². The van der Waals surface area contributed by atoms with Gasteiger partial charge in [0.2, 0.25) is 0 Å². The molecule has 1 aromatic carbocycles. The zero-order valence-electron chi connectivity index (χ0n) is 22.0. The number of benzene rings is 1. The van der Waals surface area contributed by atoms with Gasteiger partial charge in [-0.15, -0.1) is 0 Å². The quantitative estimate of drug-likeness (QED) is 0.343. The Hall–Kier alpha value is -3.07. The Morgan fingerprint density at radius 3 is 2.56 bits per heavy atom. The van der Waals surface area contributed by atoms with E-state index in [1.54, 1.807) is 18.5 Å². The molecule has 0 N–H and O–H groups in total. The Morgan fingerprint density at radius 2 is 1.78 bits per heavy atom. The Kier molecular flexibility index (Phi) is 9.61. The highest BCUT2D eigenvalue weighted by Crippen LogP contribution is 2.31. The van der Waals surface area contributed by atoms with Gasteiger partial charge in [-0.1, -0.05) is 63.8 Å². The number of fused-ring (bicyclic) bond motifs is 1. The Bertz CT molecular complexity index is 1120. The molecule has 0 saturated carbocycles. The molecule has 0 bridgehead atoms. The fourth-order valence-corrected chi connectivity index (χ4v) is 5.21. The van der Waals surface area contributed by atoms with Crippen LogP contribution in [0.1, 0.15) is 76.3 Å². The van der Waals surface area contributed by atoms with Gasteiger partial charge in [0, 0.05) is 24.0 Å². The molecule has 0 saturated heterocycles. The number of allylic oxidation sites excluding steroid dienone is 6. The number of unbranched alkanes of at least 4 members (excludes halogenated alkanes) is 1. The second kappa shape index (κ2) is 13.3. The van der Waals surface area contributed by atoms with Crippen LogP contribution in [0.2, 0.25) is 0 Å². The van der Waals surface area contributed by atoms with Crippen molar-refractivity contribution in [1.82, 2.24) is 4.98 Å². The van der Waals surface area contributed by atoms with Gasteiger partial charge in [-0.3, -0.25) is 14.8 Å². The Morgan fingerprint density at radius 1 is 1.00 bits per heavy atom. The minimum atomic E-state index is -0.0517. The monoisotopic (exact) mass is 480 g/mol. The van der Waals surface area contributed by atoms with E-state index in [-0.39, 0.29) is 11.7 Å². The van der Waals surface area contributed by atoms with E-state index in [4.69, 9.17) is 4.99 Å². The van der Waals surface area contributed by atoms with Crippen molar-refractivity contribution in [2.24, 2.45) is 16.8 Å². The van der Waals surface area contributed by atoms with E-state index in [0.717, 1.165) is 55.0 Å². The van der Waals surface area contributed by atoms with E-state index in [1.165, 1.54) is 48.8 Å². The van der Waals surface area contributed by atoms with E-state index in [9.17, 15) is 4.79 Å². The van der Waals surface area contributed by atoms with E-state index < -0.39 is 0 Å². The molecule has 188 valence electrons. The number of aryl methyl sites for hydroxylation is 1. The molecule has 2 aromatic rings. The van der Waals surface area contributed by atoms with Crippen molar-refractivity contribution in [3.05, 3.63) is 95.4 Å². The highest BCUT2D eigenvalue weighted by atomic mass is 16.1. The molecular formula is C33H40N2O. The molecule has 1 heterocycles. The number of nitrogens with zero attached hydrogens (tertiary/aromatic N) is 2. The van der Waals surface area contributed by atoms with Crippen LogP contribution >= 0.6 is 0 Å². The summed E-state index contributed by atoms with van der Waals surface area (Å²) in [7, 11) is 0. The minimum Gasteiger partial charge on any atom is -0.295 e. The lowest BCUT2D eigenvalue weighted by Gasteiger charge is -2.14. The maximum Gasteiger partial charge on any atom is 0.159 e. The molecule has 0 spiro atoms. The Labute approximate surface area is 217 Å². The summed E-state index contributed by atoms with van der Waals surface area (Å²) < 4.78 is 0. The highest BCUT2D eigenvalue weighted by Gasteiger charge is 2.24. The van der Waals surface area contributed by atoms with Crippen LogP contribution in [0.5, 0.6) is 0 Å². The lowest BCUT2D eigenvalue weighted by Crippen LogP contribution is -2.15. The summed E-state index contributed by atoms with van der Waals surface area (Å²) in [6.07, 6.45) is 22.9. The summed E-state index contributed by atoms with van der Waals surface area (Å²) in [4.78, 5) is 21.9. The number of aromatic nitrogens is 1. The van der Waals surface area contributed by atoms with Crippen molar-refractivity contribution >= 4 is 17.2 Å². The number of aliphatic imine (C=N–C) groups is 1. The van der Waals surface area contributed by atoms with Crippen molar-refractivity contribution in [2.45, 2.75) is 78.1 Å². The SMILES string of the molecule is CCCCC(C)CCCc1ccc(N=C2C=C3CC(Cc4ccncc4)C(=O)C=CC3=CCC2)cc1. The third-order valence-electron chi connectivity index (χ3n) is 7.43. The molecule has 2 unspecified atom stereocenters. The Balaban J connectivity index is 1.41. The molecule has 0 fully saturated rings. The van der Waals surface area contributed by atoms with Gasteiger partial charge in [0.05, 0.1) is 5.69 Å². The van der Waals surface area contributed by atoms with E-state index in [0.29, 0.717) is 0 Å². The van der Waals surface area contributed by atoms with E-state index in [2.05, 4.69) is 55.2 Å². The lowest BCUT2D eigenvalue weighted by atomic mass is 9.89. The number of carbonyl (C=O) groups is 1. The molecule has 1 aromatic heterocycles. The van der Waals surface area contributed by atoms with Crippen LogP contribution in [0.3, 0.4) is 0 Å². The highest BCUT2D eigenvalue weighted by molar-refractivity contribution is 6.00. The number of rotatable bonds is 10. The van der Waals surface area contributed by atoms with Gasteiger partial charge in [0.25, 0.3) is 0 Å². The van der Waals surface area contributed by atoms with E-state index >= 15 is 0 Å². The van der Waals surface area contributed by atoms with Crippen LogP contribution in [0, 0.1) is 11.8 Å². The number of ketones is 1. The second-order valence-electron chi connectivity index (χ2n) is 10.5. The maximum absolute atomic E-state index is 12.8. The first-order chi connectivity index (χ1) is 17.6. The largest absolute Gasteiger partial charge is 0.295 e. The van der Waals surface area contributed by atoms with Gasteiger partial charge < -0.3 is 0 Å². The summed E-state index contributed by atoms with van der Waals surface area (Å²) >= 11 is 0. The predicted octanol–water partition coefficient (Wildman–Crippen LogP) is 8.34. The fraction of sp³-hybridized carbons (Fsp3) is 0.424. The first-order valence-corrected chi connectivity index (χ1v) is 13.8. The summed E-state index contributed by atoms with van der Waals surface area (Å²) in [5.41, 5.74) is 7.06. The molecule has 2 aliphatic rings. The van der Waals surface area contributed by atoms with Gasteiger partial charge in [-0.25, -0.2) is 0 Å². The first-order valence-electron chi connectivity index (χ1n) is 13.8. The molecule has 0 radical (unpaired) electrons. The molecule has 4 rings (SSSR count). The van der Waals surface area contributed by atoms with Gasteiger partial charge in [-0.05, 0) is 103 Å². The molecule has 3 heteroatoms. The molecule has 2 aliphatic carbocycles. The van der Waals surface area contributed by atoms with Gasteiger partial charge >= 0.3 is 0 Å². The molecular weight excluding hydrogens is 440 g/mol. The standard InChI is InChI=1S/C33H40N2O/c1-3-4-7-25(2)8-5-9-26-12-15-31(16-13-26)35-32-11-6-10-28-14-17-33(36)30(23-29(28)24-32)22-27-18-20-34-21-19-27/h10,12-21,24-25,30H,3-9,11,22-23H2,1-2H3. The summed E-state index contributed by atoms with van der Waals surface area (Å²) in [5, 5.41) is 0. The zero-order chi connectivity index (χ0) is 25.2. The third-order valence-corrected chi connectivity index (χ3v) is 7.43. The molecule has 3 nitrogen and oxygen atoms in total. The van der Waals surface area contributed by atoms with Gasteiger partial charge in [0.1, 0.15) is 0 Å². The van der Waals surface area contributed by atoms with Crippen molar-refractivity contribution in [2.75, 3.05) is 0 Å². The molecule has 0 aliphatic heterocycles. The third kappa shape index (κ3) is 7.71. The average molecular weight is 481 g/mol. The molecule has 0 amide bonds. The zero-order valence-corrected chi connectivity index (χ0v) is 22.0. The van der Waals surface area contributed by atoms with E-state index in [1.807, 2.05) is 18.2 Å². The topological polar surface area (TPSA) is 42.3 Å². The summed E-state index contributed by atoms with van der Waals surface area (Å²) in [5.74, 6) is 0.982. The first kappa shape index (κ1) is 26.0. The molecule has 36 heavy (non-hydrogen) atoms. The number of hydrogen-bond donors (Lipinski definition) is 0. The van der Waals surface area contributed by atoms with Gasteiger partial charge in [-0.2, -0.15) is 0 Å². The minimum absolute atomic E-state index is 0.0517. The maximum atomic E-state index is 12.8. The lowest BCUT2D eigenvalue weighted by molar-refractivity contribution is -0.118. The normalized spacial score (nSPS) is 19.8. The predicted molar refractivity (Wildman–Crippen MR) is 151 cm³/mol. The number of carbonyl (C=O) groups excluding carboxylic acids is 1. The van der Waals surface area contributed by atoms with Crippen LogP contribution in [-0.2, 0) is 17.6 Å². The van der Waals surface area contributed by atoms with Crippen molar-refractivity contribution in [3.63, 3.8) is 0 Å². The molecule has 2 atom stereocenters. The number of pyridine rings is 1. The van der Waals surface area contributed by atoms with Crippen LogP contribution in [0.4, 0.5) is 5.69 Å². The smallest absolute Gasteiger partial charge is 0.159 e. The second-order valence-corrected chi connectivity index (χ2v) is 10.5. The van der Waals surface area contributed by atoms with Gasteiger partial charge in [0.15, 0.2) is 5.78 Å². The summed E-state index contributed by atoms with van der Waals surface area (Å²) in [6.45, 7) is 4.66. The summed E-state index contributed by atoms with van der Waals surface area (Å²) in [6, 6.07) is 12.8. The van der Waals surface area contributed by atoms with Crippen molar-refractivity contribution < 1.29 is 4.79 Å². The fourth-order valence-electron chi connectivity index (χ4n) is 5.21. The van der Waals surface area contributed by atoms with Crippen LogP contribution in [-0.4, -0.2) is 16.5 Å². The van der Waals surface area contributed by atoms with Crippen LogP contribution in [0.25, 0.3) is 0 Å².